The van der Waals surface area contributed by atoms with Crippen molar-refractivity contribution in [2.24, 2.45) is 5.84 Å². The Morgan fingerprint density at radius 3 is 2.84 bits per heavy atom. The number of benzene rings is 1. The lowest BCUT2D eigenvalue weighted by molar-refractivity contribution is 0.0950. The van der Waals surface area contributed by atoms with E-state index in [1.165, 1.54) is 0 Å². The Morgan fingerprint density at radius 1 is 1.42 bits per heavy atom. The van der Waals surface area contributed by atoms with Crippen LogP contribution in [0.3, 0.4) is 0 Å². The summed E-state index contributed by atoms with van der Waals surface area (Å²) in [4.78, 5) is 11.6. The third-order valence-corrected chi connectivity index (χ3v) is 2.84. The van der Waals surface area contributed by atoms with Crippen molar-refractivity contribution in [3.8, 4) is 5.75 Å². The van der Waals surface area contributed by atoms with Crippen LogP contribution in [-0.2, 0) is 6.61 Å². The maximum atomic E-state index is 11.6. The van der Waals surface area contributed by atoms with Gasteiger partial charge in [0.05, 0.1) is 5.56 Å². The first-order valence-corrected chi connectivity index (χ1v) is 5.86. The molecule has 0 aliphatic rings. The number of hydrazine groups is 1. The molecule has 0 fully saturated rings. The van der Waals surface area contributed by atoms with E-state index in [2.05, 4.69) is 15.6 Å². The number of aromatic amines is 1. The Labute approximate surface area is 110 Å². The second-order valence-electron chi connectivity index (χ2n) is 4.20. The largest absolute Gasteiger partial charge is 0.487 e. The first kappa shape index (κ1) is 13.1. The second kappa shape index (κ2) is 5.53. The number of hydrogen-bond donors (Lipinski definition) is 3. The van der Waals surface area contributed by atoms with Gasteiger partial charge >= 0.3 is 0 Å². The second-order valence-corrected chi connectivity index (χ2v) is 4.20. The zero-order valence-electron chi connectivity index (χ0n) is 10.9. The third kappa shape index (κ3) is 2.74. The lowest BCUT2D eigenvalue weighted by atomic mass is 10.2. The summed E-state index contributed by atoms with van der Waals surface area (Å²) in [6, 6.07) is 7.66. The van der Waals surface area contributed by atoms with Crippen molar-refractivity contribution in [2.75, 3.05) is 0 Å². The number of amides is 1. The van der Waals surface area contributed by atoms with Crippen LogP contribution in [-0.4, -0.2) is 16.1 Å². The highest BCUT2D eigenvalue weighted by molar-refractivity contribution is 5.95. The van der Waals surface area contributed by atoms with Gasteiger partial charge in [0.2, 0.25) is 0 Å². The smallest absolute Gasteiger partial charge is 0.269 e. The van der Waals surface area contributed by atoms with Gasteiger partial charge in [0.1, 0.15) is 18.1 Å². The van der Waals surface area contributed by atoms with Crippen molar-refractivity contribution >= 4 is 5.91 Å². The SMILES string of the molecule is Cc1ccccc1OCc1n[nH]c(C)c1C(=O)NN. The number of aromatic nitrogens is 2. The Hall–Kier alpha value is -2.34. The molecule has 0 atom stereocenters. The van der Waals surface area contributed by atoms with Gasteiger partial charge in [0, 0.05) is 5.69 Å². The van der Waals surface area contributed by atoms with Crippen LogP contribution in [0.15, 0.2) is 24.3 Å². The fraction of sp³-hybridized carbons (Fsp3) is 0.231. The number of carbonyl (C=O) groups excluding carboxylic acids is 1. The van der Waals surface area contributed by atoms with Crippen molar-refractivity contribution < 1.29 is 9.53 Å². The van der Waals surface area contributed by atoms with E-state index in [0.717, 1.165) is 11.3 Å². The summed E-state index contributed by atoms with van der Waals surface area (Å²) in [5.41, 5.74) is 4.75. The molecule has 1 amide bonds. The summed E-state index contributed by atoms with van der Waals surface area (Å²) >= 11 is 0. The standard InChI is InChI=1S/C13H16N4O2/c1-8-5-3-4-6-11(8)19-7-10-12(13(18)15-14)9(2)16-17-10/h3-6H,7,14H2,1-2H3,(H,15,18)(H,16,17). The fourth-order valence-corrected chi connectivity index (χ4v) is 1.82. The molecule has 6 nitrogen and oxygen atoms in total. The number of ether oxygens (including phenoxy) is 1. The van der Waals surface area contributed by atoms with Gasteiger partial charge in [0.15, 0.2) is 0 Å². The first-order chi connectivity index (χ1) is 9.13. The maximum absolute atomic E-state index is 11.6. The van der Waals surface area contributed by atoms with Gasteiger partial charge in [-0.3, -0.25) is 15.3 Å². The molecule has 0 spiro atoms. The van der Waals surface area contributed by atoms with Crippen LogP contribution < -0.4 is 16.0 Å². The van der Waals surface area contributed by atoms with E-state index < -0.39 is 0 Å². The molecular formula is C13H16N4O2. The number of aryl methyl sites for hydroxylation is 2. The molecule has 19 heavy (non-hydrogen) atoms. The zero-order chi connectivity index (χ0) is 13.8. The molecule has 100 valence electrons. The zero-order valence-corrected chi connectivity index (χ0v) is 10.9. The number of carbonyl (C=O) groups is 1. The third-order valence-electron chi connectivity index (χ3n) is 2.84. The minimum Gasteiger partial charge on any atom is -0.487 e. The van der Waals surface area contributed by atoms with Gasteiger partial charge in [0.25, 0.3) is 5.91 Å². The van der Waals surface area contributed by atoms with Gasteiger partial charge in [-0.1, -0.05) is 18.2 Å². The fourth-order valence-electron chi connectivity index (χ4n) is 1.82. The van der Waals surface area contributed by atoms with Gasteiger partial charge in [-0.2, -0.15) is 5.10 Å². The summed E-state index contributed by atoms with van der Waals surface area (Å²) in [6.07, 6.45) is 0. The van der Waals surface area contributed by atoms with Gasteiger partial charge in [-0.15, -0.1) is 0 Å². The highest BCUT2D eigenvalue weighted by Gasteiger charge is 2.17. The summed E-state index contributed by atoms with van der Waals surface area (Å²) < 4.78 is 5.67. The minimum absolute atomic E-state index is 0.206. The molecular weight excluding hydrogens is 244 g/mol. The number of rotatable bonds is 4. The lowest BCUT2D eigenvalue weighted by Crippen LogP contribution is -2.31. The number of H-pyrrole nitrogens is 1. The van der Waals surface area contributed by atoms with Crippen LogP contribution in [0.1, 0.15) is 27.3 Å². The Kier molecular flexibility index (Phi) is 3.82. The van der Waals surface area contributed by atoms with E-state index in [9.17, 15) is 4.79 Å². The first-order valence-electron chi connectivity index (χ1n) is 5.86. The molecule has 6 heteroatoms. The molecule has 1 heterocycles. The molecule has 0 aliphatic carbocycles. The molecule has 0 aliphatic heterocycles. The Morgan fingerprint density at radius 2 is 2.16 bits per heavy atom. The van der Waals surface area contributed by atoms with E-state index in [4.69, 9.17) is 10.6 Å². The number of nitrogens with one attached hydrogen (secondary N) is 2. The average molecular weight is 260 g/mol. The molecule has 0 bridgehead atoms. The van der Waals surface area contributed by atoms with Crippen LogP contribution in [0.2, 0.25) is 0 Å². The number of nitrogen functional groups attached to an aromatic ring is 1. The van der Waals surface area contributed by atoms with E-state index in [1.54, 1.807) is 6.92 Å². The molecule has 2 rings (SSSR count). The molecule has 0 saturated carbocycles. The van der Waals surface area contributed by atoms with Crippen molar-refractivity contribution in [1.82, 2.24) is 15.6 Å². The number of para-hydroxylation sites is 1. The van der Waals surface area contributed by atoms with Crippen molar-refractivity contribution in [1.29, 1.82) is 0 Å². The molecule has 0 radical (unpaired) electrons. The van der Waals surface area contributed by atoms with Crippen LogP contribution in [0.25, 0.3) is 0 Å². The van der Waals surface area contributed by atoms with Crippen molar-refractivity contribution in [3.63, 3.8) is 0 Å². The molecule has 0 unspecified atom stereocenters. The van der Waals surface area contributed by atoms with Gasteiger partial charge in [-0.25, -0.2) is 5.84 Å². The monoisotopic (exact) mass is 260 g/mol. The van der Waals surface area contributed by atoms with Crippen LogP contribution in [0, 0.1) is 13.8 Å². The van der Waals surface area contributed by atoms with Crippen LogP contribution in [0.5, 0.6) is 5.75 Å². The van der Waals surface area contributed by atoms with E-state index in [0.29, 0.717) is 17.0 Å². The Balaban J connectivity index is 2.17. The molecule has 1 aromatic heterocycles. The highest BCUT2D eigenvalue weighted by Crippen LogP contribution is 2.19. The molecule has 0 saturated heterocycles. The number of hydrogen-bond acceptors (Lipinski definition) is 4. The van der Waals surface area contributed by atoms with Crippen LogP contribution in [0.4, 0.5) is 0 Å². The summed E-state index contributed by atoms with van der Waals surface area (Å²) in [5, 5.41) is 6.82. The van der Waals surface area contributed by atoms with Crippen LogP contribution >= 0.6 is 0 Å². The highest BCUT2D eigenvalue weighted by atomic mass is 16.5. The van der Waals surface area contributed by atoms with E-state index in [-0.39, 0.29) is 12.5 Å². The van der Waals surface area contributed by atoms with Gasteiger partial charge < -0.3 is 4.74 Å². The molecule has 1 aromatic carbocycles. The van der Waals surface area contributed by atoms with E-state index in [1.807, 2.05) is 31.2 Å². The molecule has 4 N–H and O–H groups in total. The quantitative estimate of drug-likeness (QED) is 0.437. The average Bonchev–Trinajstić information content (AvgIpc) is 2.78. The summed E-state index contributed by atoms with van der Waals surface area (Å²) in [7, 11) is 0. The van der Waals surface area contributed by atoms with Crippen molar-refractivity contribution in [3.05, 3.63) is 46.8 Å². The minimum atomic E-state index is -0.380. The maximum Gasteiger partial charge on any atom is 0.269 e. The number of nitrogens with zero attached hydrogens (tertiary/aromatic N) is 1. The summed E-state index contributed by atoms with van der Waals surface area (Å²) in [5.74, 6) is 5.54. The predicted molar refractivity (Wildman–Crippen MR) is 70.5 cm³/mol. The normalized spacial score (nSPS) is 10.3. The van der Waals surface area contributed by atoms with Crippen molar-refractivity contribution in [2.45, 2.75) is 20.5 Å². The topological polar surface area (TPSA) is 93.0 Å². The summed E-state index contributed by atoms with van der Waals surface area (Å²) in [6.45, 7) is 3.92. The van der Waals surface area contributed by atoms with E-state index >= 15 is 0 Å². The lowest BCUT2D eigenvalue weighted by Gasteiger charge is -2.08. The van der Waals surface area contributed by atoms with Gasteiger partial charge in [-0.05, 0) is 25.5 Å². The molecule has 2 aromatic rings. The number of nitrogens with two attached hydrogens (primary N) is 1. The predicted octanol–water partition coefficient (Wildman–Crippen LogP) is 1.21. The Bertz CT molecular complexity index is 592.